The van der Waals surface area contributed by atoms with Crippen LogP contribution in [0.2, 0.25) is 5.02 Å². The molecule has 0 bridgehead atoms. The van der Waals surface area contributed by atoms with Crippen LogP contribution in [0.25, 0.3) is 0 Å². The van der Waals surface area contributed by atoms with Gasteiger partial charge < -0.3 is 25.2 Å². The second-order valence-electron chi connectivity index (χ2n) is 12.6. The van der Waals surface area contributed by atoms with Crippen LogP contribution in [0.15, 0.2) is 42.6 Å². The highest BCUT2D eigenvalue weighted by atomic mass is 35.5. The molecule has 10 heteroatoms. The number of amides is 2. The third-order valence-corrected chi connectivity index (χ3v) is 8.35. The first-order valence-electron chi connectivity index (χ1n) is 14.6. The lowest BCUT2D eigenvalue weighted by Crippen LogP contribution is -2.40. The molecule has 2 aliphatic rings. The molecule has 1 aromatic heterocycles. The molecular weight excluding hydrogens is 552 g/mol. The Morgan fingerprint density at radius 2 is 1.90 bits per heavy atom. The molecule has 2 N–H and O–H groups in total. The number of benzene rings is 2. The van der Waals surface area contributed by atoms with Crippen LogP contribution < -0.4 is 15.5 Å². The molecule has 5 rings (SSSR count). The maximum Gasteiger partial charge on any atom is 0.407 e. The molecule has 1 saturated heterocycles. The molecule has 2 amide bonds. The summed E-state index contributed by atoms with van der Waals surface area (Å²) in [5.41, 5.74) is 5.12. The van der Waals surface area contributed by atoms with E-state index in [0.717, 1.165) is 67.2 Å². The van der Waals surface area contributed by atoms with E-state index in [-0.39, 0.29) is 18.6 Å². The highest BCUT2D eigenvalue weighted by Gasteiger charge is 2.28. The Morgan fingerprint density at radius 1 is 1.14 bits per heavy atom. The number of likely N-dealkylation sites (tertiary alicyclic amines) is 1. The minimum absolute atomic E-state index is 0.0820. The standard InChI is InChI=1S/C32H41ClN6O3/c1-21-6-9-28-27(16-21)36-29-24(19-35-37(29)5)20-39(28)30(40)22-7-8-23(26(33)17-22)18-34-31(41)42-25-10-13-38(14-11-25)15-12-32(2,3)4/h6-9,16-17,19,25,36H,10-15,18,20H2,1-5H3,(H,34,41). The fourth-order valence-electron chi connectivity index (χ4n) is 5.39. The first-order chi connectivity index (χ1) is 20.0. The zero-order valence-corrected chi connectivity index (χ0v) is 25.9. The molecule has 0 unspecified atom stereocenters. The summed E-state index contributed by atoms with van der Waals surface area (Å²) in [6.07, 6.45) is 4.07. The van der Waals surface area contributed by atoms with Crippen LogP contribution in [0.5, 0.6) is 0 Å². The lowest BCUT2D eigenvalue weighted by Gasteiger charge is -2.33. The lowest BCUT2D eigenvalue weighted by atomic mass is 9.91. The molecule has 9 nitrogen and oxygen atoms in total. The molecule has 3 aromatic rings. The monoisotopic (exact) mass is 592 g/mol. The average molecular weight is 593 g/mol. The molecule has 2 aliphatic heterocycles. The summed E-state index contributed by atoms with van der Waals surface area (Å²) in [4.78, 5) is 30.5. The second kappa shape index (κ2) is 12.4. The molecule has 224 valence electrons. The van der Waals surface area contributed by atoms with E-state index in [1.165, 1.54) is 0 Å². The quantitative estimate of drug-likeness (QED) is 0.343. The number of hydrogen-bond acceptors (Lipinski definition) is 6. The third kappa shape index (κ3) is 7.07. The molecule has 0 radical (unpaired) electrons. The van der Waals surface area contributed by atoms with E-state index in [4.69, 9.17) is 16.3 Å². The van der Waals surface area contributed by atoms with Crippen LogP contribution in [0, 0.1) is 12.3 Å². The predicted molar refractivity (Wildman–Crippen MR) is 166 cm³/mol. The Hall–Kier alpha value is -3.56. The normalized spacial score (nSPS) is 15.8. The van der Waals surface area contributed by atoms with E-state index >= 15 is 0 Å². The summed E-state index contributed by atoms with van der Waals surface area (Å²) in [7, 11) is 1.87. The van der Waals surface area contributed by atoms with Gasteiger partial charge in [0.05, 0.1) is 24.1 Å². The summed E-state index contributed by atoms with van der Waals surface area (Å²) >= 11 is 6.61. The first kappa shape index (κ1) is 29.9. The van der Waals surface area contributed by atoms with Gasteiger partial charge in [0.15, 0.2) is 0 Å². The van der Waals surface area contributed by atoms with Gasteiger partial charge in [0.25, 0.3) is 5.91 Å². The van der Waals surface area contributed by atoms with Crippen LogP contribution >= 0.6 is 11.6 Å². The number of aryl methyl sites for hydroxylation is 2. The van der Waals surface area contributed by atoms with Gasteiger partial charge in [-0.05, 0) is 73.5 Å². The topological polar surface area (TPSA) is 91.7 Å². The number of fused-ring (bicyclic) bond motifs is 2. The van der Waals surface area contributed by atoms with Crippen molar-refractivity contribution < 1.29 is 14.3 Å². The number of ether oxygens (including phenoxy) is 1. The van der Waals surface area contributed by atoms with E-state index in [1.807, 2.05) is 32.2 Å². The van der Waals surface area contributed by atoms with Crippen molar-refractivity contribution in [3.8, 4) is 0 Å². The number of piperidine rings is 1. The maximum absolute atomic E-state index is 13.8. The first-order valence-corrected chi connectivity index (χ1v) is 15.0. The van der Waals surface area contributed by atoms with E-state index in [0.29, 0.717) is 28.1 Å². The number of carbonyl (C=O) groups is 2. The van der Waals surface area contributed by atoms with Gasteiger partial charge in [-0.15, -0.1) is 0 Å². The van der Waals surface area contributed by atoms with Crippen molar-refractivity contribution >= 4 is 40.8 Å². The molecule has 0 spiro atoms. The van der Waals surface area contributed by atoms with Crippen molar-refractivity contribution in [2.24, 2.45) is 12.5 Å². The minimum Gasteiger partial charge on any atom is -0.446 e. The van der Waals surface area contributed by atoms with E-state index < -0.39 is 6.09 Å². The summed E-state index contributed by atoms with van der Waals surface area (Å²) < 4.78 is 7.45. The van der Waals surface area contributed by atoms with Crippen LogP contribution in [0.1, 0.15) is 67.1 Å². The van der Waals surface area contributed by atoms with Gasteiger partial charge in [0, 0.05) is 42.8 Å². The van der Waals surface area contributed by atoms with Gasteiger partial charge in [-0.2, -0.15) is 5.10 Å². The molecule has 3 heterocycles. The molecule has 2 aromatic carbocycles. The van der Waals surface area contributed by atoms with Gasteiger partial charge in [-0.25, -0.2) is 4.79 Å². The fraction of sp³-hybridized carbons (Fsp3) is 0.469. The van der Waals surface area contributed by atoms with Crippen LogP contribution in [0.3, 0.4) is 0 Å². The molecular formula is C32H41ClN6O3. The van der Waals surface area contributed by atoms with Gasteiger partial charge in [-0.3, -0.25) is 9.48 Å². The van der Waals surface area contributed by atoms with Crippen molar-refractivity contribution in [2.75, 3.05) is 29.9 Å². The molecule has 0 aliphatic carbocycles. The van der Waals surface area contributed by atoms with Crippen LogP contribution in [0.4, 0.5) is 22.0 Å². The van der Waals surface area contributed by atoms with Gasteiger partial charge >= 0.3 is 6.09 Å². The number of aromatic nitrogens is 2. The Kier molecular flexibility index (Phi) is 8.80. The summed E-state index contributed by atoms with van der Waals surface area (Å²) in [6.45, 7) is 12.3. The van der Waals surface area contributed by atoms with Gasteiger partial charge in [0.2, 0.25) is 0 Å². The predicted octanol–water partition coefficient (Wildman–Crippen LogP) is 6.41. The minimum atomic E-state index is -0.449. The van der Waals surface area contributed by atoms with Crippen LogP contribution in [-0.2, 0) is 24.9 Å². The zero-order valence-electron chi connectivity index (χ0n) is 25.2. The second-order valence-corrected chi connectivity index (χ2v) is 13.0. The smallest absolute Gasteiger partial charge is 0.407 e. The Bertz CT molecular complexity index is 1450. The highest BCUT2D eigenvalue weighted by Crippen LogP contribution is 2.37. The number of anilines is 3. The average Bonchev–Trinajstić information content (AvgIpc) is 3.19. The molecule has 0 atom stereocenters. The van der Waals surface area contributed by atoms with E-state index in [2.05, 4.69) is 41.4 Å². The Labute approximate surface area is 253 Å². The third-order valence-electron chi connectivity index (χ3n) is 7.99. The zero-order chi connectivity index (χ0) is 30.0. The van der Waals surface area contributed by atoms with Crippen molar-refractivity contribution in [1.82, 2.24) is 20.0 Å². The summed E-state index contributed by atoms with van der Waals surface area (Å²) in [5, 5.41) is 11.0. The van der Waals surface area contributed by atoms with Crippen LogP contribution in [-0.4, -0.2) is 52.4 Å². The number of rotatable bonds is 6. The van der Waals surface area contributed by atoms with Gasteiger partial charge in [0.1, 0.15) is 11.9 Å². The Balaban J connectivity index is 1.19. The molecule has 42 heavy (non-hydrogen) atoms. The lowest BCUT2D eigenvalue weighted by molar-refractivity contribution is 0.0479. The van der Waals surface area contributed by atoms with E-state index in [9.17, 15) is 9.59 Å². The molecule has 1 fully saturated rings. The van der Waals surface area contributed by atoms with Crippen molar-refractivity contribution in [2.45, 2.75) is 66.2 Å². The van der Waals surface area contributed by atoms with Crippen molar-refractivity contribution in [3.63, 3.8) is 0 Å². The SMILES string of the molecule is Cc1ccc2c(c1)Nc1c(cnn1C)CN2C(=O)c1ccc(CNC(=O)OC2CCN(CCC(C)(C)C)CC2)c(Cl)c1. The number of carbonyl (C=O) groups excluding carboxylic acids is 2. The number of nitrogens with one attached hydrogen (secondary N) is 2. The number of alkyl carbamates (subject to hydrolysis) is 1. The maximum atomic E-state index is 13.8. The largest absolute Gasteiger partial charge is 0.446 e. The number of hydrogen-bond donors (Lipinski definition) is 2. The molecule has 0 saturated carbocycles. The fourth-order valence-corrected chi connectivity index (χ4v) is 5.64. The Morgan fingerprint density at radius 3 is 2.62 bits per heavy atom. The van der Waals surface area contributed by atoms with Crippen molar-refractivity contribution in [1.29, 1.82) is 0 Å². The number of halogens is 1. The summed E-state index contributed by atoms with van der Waals surface area (Å²) in [5.74, 6) is 0.683. The highest BCUT2D eigenvalue weighted by molar-refractivity contribution is 6.32. The van der Waals surface area contributed by atoms with Gasteiger partial charge in [-0.1, -0.05) is 44.5 Å². The summed E-state index contributed by atoms with van der Waals surface area (Å²) in [6, 6.07) is 11.2. The number of nitrogens with zero attached hydrogens (tertiary/aromatic N) is 4. The van der Waals surface area contributed by atoms with E-state index in [1.54, 1.807) is 34.0 Å². The van der Waals surface area contributed by atoms with Crippen molar-refractivity contribution in [3.05, 3.63) is 69.9 Å².